The molecule has 3 rings (SSSR count). The summed E-state index contributed by atoms with van der Waals surface area (Å²) >= 11 is 1.51. The number of carbonyl (C=O) groups excluding carboxylic acids is 1. The molecule has 3 nitrogen and oxygen atoms in total. The molecule has 1 aromatic heterocycles. The van der Waals surface area contributed by atoms with Gasteiger partial charge in [-0.1, -0.05) is 20.8 Å². The van der Waals surface area contributed by atoms with Gasteiger partial charge in [0.15, 0.2) is 0 Å². The summed E-state index contributed by atoms with van der Waals surface area (Å²) < 4.78 is 0. The van der Waals surface area contributed by atoms with E-state index in [0.29, 0.717) is 16.9 Å². The van der Waals surface area contributed by atoms with Gasteiger partial charge in [0.25, 0.3) is 5.91 Å². The first-order valence-electron chi connectivity index (χ1n) is 7.02. The predicted octanol–water partition coefficient (Wildman–Crippen LogP) is 3.49. The van der Waals surface area contributed by atoms with E-state index in [2.05, 4.69) is 30.7 Å². The van der Waals surface area contributed by atoms with Gasteiger partial charge in [-0.05, 0) is 37.0 Å². The van der Waals surface area contributed by atoms with Crippen LogP contribution in [0.1, 0.15) is 54.7 Å². The Bertz CT molecular complexity index is 522. The Morgan fingerprint density at radius 3 is 2.79 bits per heavy atom. The van der Waals surface area contributed by atoms with E-state index in [1.165, 1.54) is 24.2 Å². The highest BCUT2D eigenvalue weighted by Gasteiger charge is 2.51. The molecule has 2 aliphatic rings. The Labute approximate surface area is 119 Å². The van der Waals surface area contributed by atoms with Crippen molar-refractivity contribution in [1.82, 2.24) is 9.88 Å². The van der Waals surface area contributed by atoms with Crippen molar-refractivity contribution in [2.24, 2.45) is 10.8 Å². The molecule has 1 saturated carbocycles. The highest BCUT2D eigenvalue weighted by atomic mass is 32.1. The summed E-state index contributed by atoms with van der Waals surface area (Å²) in [6.07, 6.45) is 5.26. The third-order valence-corrected chi connectivity index (χ3v) is 5.41. The number of likely N-dealkylation sites (tertiary alicyclic amines) is 1. The first-order chi connectivity index (χ1) is 8.78. The monoisotopic (exact) mass is 278 g/mol. The van der Waals surface area contributed by atoms with Crippen LogP contribution in [-0.2, 0) is 0 Å². The lowest BCUT2D eigenvalue weighted by Gasteiger charge is -2.39. The van der Waals surface area contributed by atoms with Crippen LogP contribution in [0.3, 0.4) is 0 Å². The van der Waals surface area contributed by atoms with Crippen LogP contribution in [0, 0.1) is 17.8 Å². The molecule has 2 heterocycles. The van der Waals surface area contributed by atoms with Gasteiger partial charge in [-0.3, -0.25) is 4.79 Å². The molecular weight excluding hydrogens is 256 g/mol. The van der Waals surface area contributed by atoms with Crippen molar-refractivity contribution >= 4 is 17.2 Å². The van der Waals surface area contributed by atoms with Crippen molar-refractivity contribution < 1.29 is 4.79 Å². The topological polar surface area (TPSA) is 33.2 Å². The largest absolute Gasteiger partial charge is 0.334 e. The van der Waals surface area contributed by atoms with Crippen molar-refractivity contribution in [2.45, 2.75) is 53.0 Å². The zero-order valence-corrected chi connectivity index (χ0v) is 13.0. The summed E-state index contributed by atoms with van der Waals surface area (Å²) in [4.78, 5) is 19.8. The smallest absolute Gasteiger partial charge is 0.265 e. The second-order valence-electron chi connectivity index (χ2n) is 7.39. The van der Waals surface area contributed by atoms with E-state index >= 15 is 0 Å². The van der Waals surface area contributed by atoms with Crippen LogP contribution in [0.2, 0.25) is 0 Å². The van der Waals surface area contributed by atoms with Crippen LogP contribution in [0.15, 0.2) is 6.20 Å². The Morgan fingerprint density at radius 1 is 1.42 bits per heavy atom. The standard InChI is InChI=1S/C15H22N2OS/c1-10-16-7-12(19-10)13(18)17-9-15(4)6-11(17)5-14(2,3)8-15/h7,11H,5-6,8-9H2,1-4H3. The quantitative estimate of drug-likeness (QED) is 0.788. The Hall–Kier alpha value is -0.900. The van der Waals surface area contributed by atoms with Gasteiger partial charge in [0.05, 0.1) is 11.2 Å². The molecular formula is C15H22N2OS. The van der Waals surface area contributed by atoms with Gasteiger partial charge in [-0.15, -0.1) is 11.3 Å². The Morgan fingerprint density at radius 2 is 2.16 bits per heavy atom. The van der Waals surface area contributed by atoms with E-state index in [1.54, 1.807) is 6.20 Å². The summed E-state index contributed by atoms with van der Waals surface area (Å²) in [5.41, 5.74) is 0.665. The lowest BCUT2D eigenvalue weighted by Crippen LogP contribution is -2.37. The second-order valence-corrected chi connectivity index (χ2v) is 8.63. The Balaban J connectivity index is 1.86. The van der Waals surface area contributed by atoms with Crippen molar-refractivity contribution in [3.05, 3.63) is 16.1 Å². The molecule has 1 saturated heterocycles. The first kappa shape index (κ1) is 13.1. The number of fused-ring (bicyclic) bond motifs is 2. The van der Waals surface area contributed by atoms with Crippen molar-refractivity contribution in [3.63, 3.8) is 0 Å². The van der Waals surface area contributed by atoms with Crippen LogP contribution in [0.4, 0.5) is 0 Å². The molecule has 0 spiro atoms. The SMILES string of the molecule is Cc1ncc(C(=O)N2CC3(C)CC2CC(C)(C)C3)s1. The Kier molecular flexibility index (Phi) is 2.79. The molecule has 1 aromatic rings. The molecule has 2 atom stereocenters. The van der Waals surface area contributed by atoms with E-state index in [9.17, 15) is 4.79 Å². The van der Waals surface area contributed by atoms with Crippen molar-refractivity contribution in [2.75, 3.05) is 6.54 Å². The number of amides is 1. The van der Waals surface area contributed by atoms with Gasteiger partial charge < -0.3 is 4.90 Å². The number of thiazole rings is 1. The van der Waals surface area contributed by atoms with Crippen molar-refractivity contribution in [3.8, 4) is 0 Å². The highest BCUT2D eigenvalue weighted by Crippen LogP contribution is 2.52. The van der Waals surface area contributed by atoms with Gasteiger partial charge in [0.1, 0.15) is 4.88 Å². The van der Waals surface area contributed by atoms with Crippen LogP contribution < -0.4 is 0 Å². The maximum atomic E-state index is 12.7. The van der Waals surface area contributed by atoms with E-state index < -0.39 is 0 Å². The molecule has 2 fully saturated rings. The number of carbonyl (C=O) groups is 1. The summed E-state index contributed by atoms with van der Waals surface area (Å²) in [6, 6.07) is 0.420. The van der Waals surface area contributed by atoms with Gasteiger partial charge in [0.2, 0.25) is 0 Å². The number of aromatic nitrogens is 1. The van der Waals surface area contributed by atoms with Crippen LogP contribution in [0.25, 0.3) is 0 Å². The maximum Gasteiger partial charge on any atom is 0.265 e. The predicted molar refractivity (Wildman–Crippen MR) is 77.4 cm³/mol. The average Bonchev–Trinajstić information content (AvgIpc) is 2.78. The number of hydrogen-bond acceptors (Lipinski definition) is 3. The molecule has 4 heteroatoms. The van der Waals surface area contributed by atoms with E-state index in [4.69, 9.17) is 0 Å². The fraction of sp³-hybridized carbons (Fsp3) is 0.733. The van der Waals surface area contributed by atoms with Gasteiger partial charge in [-0.2, -0.15) is 0 Å². The lowest BCUT2D eigenvalue weighted by atomic mass is 9.65. The second kappa shape index (κ2) is 4.05. The van der Waals surface area contributed by atoms with Gasteiger partial charge >= 0.3 is 0 Å². The van der Waals surface area contributed by atoms with Gasteiger partial charge in [0, 0.05) is 12.6 Å². The van der Waals surface area contributed by atoms with E-state index in [-0.39, 0.29) is 5.91 Å². The summed E-state index contributed by atoms with van der Waals surface area (Å²) in [6.45, 7) is 9.88. The van der Waals surface area contributed by atoms with Crippen LogP contribution in [0.5, 0.6) is 0 Å². The molecule has 19 heavy (non-hydrogen) atoms. The molecule has 1 aliphatic heterocycles. The van der Waals surface area contributed by atoms with Crippen LogP contribution in [-0.4, -0.2) is 28.4 Å². The van der Waals surface area contributed by atoms with E-state index in [1.807, 2.05) is 6.92 Å². The lowest BCUT2D eigenvalue weighted by molar-refractivity contribution is 0.0713. The van der Waals surface area contributed by atoms with E-state index in [0.717, 1.165) is 22.9 Å². The summed E-state index contributed by atoms with van der Waals surface area (Å²) in [5.74, 6) is 0.192. The molecule has 0 radical (unpaired) electrons. The number of rotatable bonds is 1. The minimum Gasteiger partial charge on any atom is -0.334 e. The minimum absolute atomic E-state index is 0.192. The number of aryl methyl sites for hydroxylation is 1. The molecule has 104 valence electrons. The highest BCUT2D eigenvalue weighted by molar-refractivity contribution is 7.13. The minimum atomic E-state index is 0.192. The summed E-state index contributed by atoms with van der Waals surface area (Å²) in [7, 11) is 0. The number of hydrogen-bond donors (Lipinski definition) is 0. The molecule has 1 amide bonds. The first-order valence-corrected chi connectivity index (χ1v) is 7.83. The normalized spacial score (nSPS) is 32.6. The zero-order chi connectivity index (χ0) is 13.8. The maximum absolute atomic E-state index is 12.7. The summed E-state index contributed by atoms with van der Waals surface area (Å²) in [5, 5.41) is 0.970. The molecule has 2 bridgehead atoms. The number of nitrogens with zero attached hydrogens (tertiary/aromatic N) is 2. The zero-order valence-electron chi connectivity index (χ0n) is 12.2. The third-order valence-electron chi connectivity index (χ3n) is 4.51. The van der Waals surface area contributed by atoms with Gasteiger partial charge in [-0.25, -0.2) is 4.98 Å². The average molecular weight is 278 g/mol. The molecule has 1 aliphatic carbocycles. The molecule has 0 N–H and O–H groups in total. The molecule has 0 aromatic carbocycles. The van der Waals surface area contributed by atoms with Crippen molar-refractivity contribution in [1.29, 1.82) is 0 Å². The third kappa shape index (κ3) is 2.31. The fourth-order valence-corrected chi connectivity index (χ4v) is 5.03. The van der Waals surface area contributed by atoms with Crippen LogP contribution >= 0.6 is 11.3 Å². The fourth-order valence-electron chi connectivity index (χ4n) is 4.30. The molecule has 2 unspecified atom stereocenters.